The summed E-state index contributed by atoms with van der Waals surface area (Å²) < 4.78 is 70.0. The summed E-state index contributed by atoms with van der Waals surface area (Å²) in [6.45, 7) is 12.4. The maximum Gasteiger partial charge on any atom is 0.422 e. The van der Waals surface area contributed by atoms with Crippen LogP contribution in [0.2, 0.25) is 10.0 Å². The number of carboxylic acids is 1. The minimum Gasteiger partial charge on any atom is -0.497 e. The molecule has 134 heavy (non-hydrogen) atoms. The summed E-state index contributed by atoms with van der Waals surface area (Å²) >= 11 is 17.9. The van der Waals surface area contributed by atoms with Crippen LogP contribution in [0.5, 0.6) is 11.5 Å². The Morgan fingerprint density at radius 3 is 2.18 bits per heavy atom. The fourth-order valence-electron chi connectivity index (χ4n) is 17.3. The third kappa shape index (κ3) is 28.8. The molecule has 6 aliphatic rings. The number of carbonyl (C=O) groups is 2. The number of aromatic nitrogens is 2. The summed E-state index contributed by atoms with van der Waals surface area (Å²) in [6.07, 6.45) is 11.8. The lowest BCUT2D eigenvalue weighted by atomic mass is 9.72. The zero-order chi connectivity index (χ0) is 94.9. The number of hydrogen-bond donors (Lipinski definition) is 4. The smallest absolute Gasteiger partial charge is 0.422 e. The van der Waals surface area contributed by atoms with Crippen LogP contribution in [-0.4, -0.2) is 195 Å². The molecule has 3 fully saturated rings. The lowest BCUT2D eigenvalue weighted by molar-refractivity contribution is -0.153. The molecule has 708 valence electrons. The van der Waals surface area contributed by atoms with Crippen LogP contribution in [0.3, 0.4) is 0 Å². The standard InChI is InChI=1S/C35H36ClNO3S.C21H25N3O2S.C17H15F3N2O2S.C17H27NO2.C16H16ClNO2S/c1-34(2,40)30-9-4-3-7-25(30)13-17-32(41-23-35(18-19-35)22-33(38)39)27-8-5-6-24(20-27)10-15-29-16-12-26-11-14-28(36)21-31(26)37-29;25-14-16-26-15-13-23-9-11-24(12-10-23)21-17-5-1-3-7-19(17)27-20-8-4-2-6-18(20)22-21;1-11-14(21-7-6-15(11)24-10-17(18,19)20)9-25(23)16-8-12-4-2-3-5-13(12)22-16;1-18(2)13-16(17(19)11-5-4-6-12-17)14-7-9-15(20-3)10-8-14;1-20-16(19)15(12-4-2-3-5-13(12)17)18-8-6-14-11(10-18)7-9-21-14/h3-12,14-16,20-21,32,40H,13,17-19,22-23H2,1-2H3,(H,38,39);1-8,25H,9-16H2;2-7H,8-10H2,1H3;7-10,16,19H,4-6,11-13H2,1-3H3;2-5,7,9,15H,6,8,10H2,1H3/b15-10+;;;;/t32-;;;;15-/m1...0/s1. The maximum atomic E-state index is 12.6. The number of rotatable bonds is 29. The van der Waals surface area contributed by atoms with Crippen molar-refractivity contribution >= 4 is 126 Å². The third-order valence-corrected chi connectivity index (χ3v) is 30.5. The van der Waals surface area contributed by atoms with Gasteiger partial charge in [-0.2, -0.15) is 24.9 Å². The highest BCUT2D eigenvalue weighted by Crippen LogP contribution is 2.54. The minimum atomic E-state index is -4.41. The number of halogens is 5. The number of thiophene rings is 1. The topological polar surface area (TPSA) is 233 Å². The van der Waals surface area contributed by atoms with Gasteiger partial charge in [0.25, 0.3) is 0 Å². The van der Waals surface area contributed by atoms with E-state index in [4.69, 9.17) is 57.2 Å². The van der Waals surface area contributed by atoms with Crippen molar-refractivity contribution in [3.8, 4) is 11.5 Å². The van der Waals surface area contributed by atoms with Crippen molar-refractivity contribution < 1.29 is 66.3 Å². The van der Waals surface area contributed by atoms with Gasteiger partial charge in [0.05, 0.1) is 96.5 Å². The van der Waals surface area contributed by atoms with Gasteiger partial charge in [-0.05, 0) is 214 Å². The molecule has 0 amide bonds. The van der Waals surface area contributed by atoms with Crippen molar-refractivity contribution in [2.45, 2.75) is 154 Å². The highest BCUT2D eigenvalue weighted by Gasteiger charge is 2.45. The number of aliphatic hydroxyl groups is 3. The number of ether oxygens (including phenoxy) is 4. The number of thioether (sulfide) groups is 1. The predicted octanol–water partition coefficient (Wildman–Crippen LogP) is 22.4. The second-order valence-corrected chi connectivity index (χ2v) is 40.8. The van der Waals surface area contributed by atoms with Crippen molar-refractivity contribution in [2.24, 2.45) is 15.4 Å². The first-order valence-corrected chi connectivity index (χ1v) is 50.3. The van der Waals surface area contributed by atoms with Crippen LogP contribution in [-0.2, 0) is 67.0 Å². The summed E-state index contributed by atoms with van der Waals surface area (Å²) in [5, 5.41) is 45.2. The number of alkyl halides is 3. The van der Waals surface area contributed by atoms with Crippen LogP contribution in [0.25, 0.3) is 23.1 Å². The molecule has 1 saturated heterocycles. The van der Waals surface area contributed by atoms with Crippen LogP contribution < -0.4 is 9.47 Å². The number of esters is 1. The van der Waals surface area contributed by atoms with E-state index >= 15 is 0 Å². The Kier molecular flexibility index (Phi) is 36.8. The number of piperazine rings is 1. The Hall–Kier alpha value is -9.62. The van der Waals surface area contributed by atoms with Gasteiger partial charge >= 0.3 is 18.1 Å². The zero-order valence-electron chi connectivity index (χ0n) is 76.9. The number of methoxy groups -OCH3 is 2. The SMILES string of the molecule is CC(C)(O)c1ccccc1CC[C@@H](SCC1(CC(=O)O)CC1)c1cccc(/C=C/c2ccc3ccc(Cl)cc3n2)c1.COC(=O)[C@H](c1ccccc1Cl)N1CCc2sccc2C1.COc1ccc(C(CN(C)C)C2(O)CCCCC2)cc1.Cc1c(OCC(F)(F)F)ccnc1CS(=O)C1=Nc2ccccc2C1.OCCOCCN1CCN(C2=Nc3ccccc3Sc3ccccc32)CC1. The second kappa shape index (κ2) is 48.4. The number of likely N-dealkylation sites (N-methyl/N-ethyl adjacent to an activating group) is 1. The number of carboxylic acid groups (broad SMARTS) is 1. The Bertz CT molecular complexity index is 5880. The summed E-state index contributed by atoms with van der Waals surface area (Å²) in [5.74, 6) is 2.16. The van der Waals surface area contributed by atoms with E-state index in [2.05, 4.69) is 158 Å². The molecule has 4 aliphatic heterocycles. The van der Waals surface area contributed by atoms with Gasteiger partial charge < -0.3 is 49.2 Å². The largest absolute Gasteiger partial charge is 0.497 e. The molecule has 2 aliphatic carbocycles. The molecule has 0 bridgehead atoms. The number of aliphatic hydroxyl groups excluding tert-OH is 1. The average molecular weight is 1940 g/mol. The number of carbonyl (C=O) groups excluding carboxylic acids is 1. The van der Waals surface area contributed by atoms with E-state index in [0.29, 0.717) is 46.0 Å². The molecular weight excluding hydrogens is 1820 g/mol. The number of aliphatic carboxylic acids is 1. The number of para-hydroxylation sites is 2. The molecule has 19 nitrogen and oxygen atoms in total. The molecular formula is C106H119Cl2F3N8O11S4. The molecule has 4 N–H and O–H groups in total. The Morgan fingerprint density at radius 1 is 0.746 bits per heavy atom. The number of fused-ring (bicyclic) bond motifs is 5. The molecule has 0 spiro atoms. The van der Waals surface area contributed by atoms with E-state index in [-0.39, 0.29) is 47.1 Å². The number of pyridine rings is 2. The molecule has 28 heteroatoms. The number of amidine groups is 1. The van der Waals surface area contributed by atoms with E-state index in [1.54, 1.807) is 37.1 Å². The van der Waals surface area contributed by atoms with Crippen molar-refractivity contribution in [2.75, 3.05) is 106 Å². The van der Waals surface area contributed by atoms with E-state index in [1.165, 1.54) is 62.7 Å². The number of benzene rings is 8. The van der Waals surface area contributed by atoms with Gasteiger partial charge in [0.15, 0.2) is 6.61 Å². The van der Waals surface area contributed by atoms with Crippen LogP contribution in [0.1, 0.15) is 161 Å². The van der Waals surface area contributed by atoms with Crippen molar-refractivity contribution in [3.63, 3.8) is 0 Å². The molecule has 2 unspecified atom stereocenters. The van der Waals surface area contributed by atoms with Gasteiger partial charge in [0.1, 0.15) is 28.4 Å². The molecule has 3 aromatic heterocycles. The van der Waals surface area contributed by atoms with Crippen LogP contribution in [0, 0.1) is 12.3 Å². The van der Waals surface area contributed by atoms with Crippen LogP contribution >= 0.6 is 58.1 Å². The molecule has 11 aromatic rings. The lowest BCUT2D eigenvalue weighted by Gasteiger charge is -2.40. The second-order valence-electron chi connectivity index (χ2n) is 35.2. The minimum absolute atomic E-state index is 0.0814. The molecule has 17 rings (SSSR count). The first-order chi connectivity index (χ1) is 64.5. The lowest BCUT2D eigenvalue weighted by Crippen LogP contribution is -2.49. The number of nitrogens with zero attached hydrogens (tertiary/aromatic N) is 8. The van der Waals surface area contributed by atoms with E-state index in [9.17, 15) is 42.3 Å². The summed E-state index contributed by atoms with van der Waals surface area (Å²) in [7, 11) is 5.85. The summed E-state index contributed by atoms with van der Waals surface area (Å²) in [5.41, 5.74) is 12.9. The first kappa shape index (κ1) is 102. The highest BCUT2D eigenvalue weighted by molar-refractivity contribution is 8.00. The van der Waals surface area contributed by atoms with Gasteiger partial charge in [-0.1, -0.05) is 200 Å². The highest BCUT2D eigenvalue weighted by atomic mass is 35.5. The number of aliphatic imine (C=N–C) groups is 2. The quantitative estimate of drug-likeness (QED) is 0.0252. The first-order valence-electron chi connectivity index (χ1n) is 45.4. The summed E-state index contributed by atoms with van der Waals surface area (Å²) in [4.78, 5) is 55.1. The average Bonchev–Trinajstić information content (AvgIpc) is 1.52. The van der Waals surface area contributed by atoms with Gasteiger partial charge in [-0.15, -0.1) is 11.3 Å². The fraction of sp³-hybridized carbons (Fsp3) is 0.377. The normalized spacial score (nSPS) is 16.4. The van der Waals surface area contributed by atoms with Crippen molar-refractivity contribution in [3.05, 3.63) is 306 Å². The van der Waals surface area contributed by atoms with Crippen LogP contribution in [0.15, 0.2) is 244 Å². The summed E-state index contributed by atoms with van der Waals surface area (Å²) in [6, 6.07) is 69.7. The van der Waals surface area contributed by atoms with Crippen LogP contribution in [0.4, 0.5) is 24.5 Å². The Labute approximate surface area is 809 Å². The third-order valence-electron chi connectivity index (χ3n) is 24.7. The van der Waals surface area contributed by atoms with Gasteiger partial charge in [-0.3, -0.25) is 23.8 Å². The van der Waals surface area contributed by atoms with E-state index < -0.39 is 46.8 Å². The van der Waals surface area contributed by atoms with Crippen molar-refractivity contribution in [1.29, 1.82) is 0 Å². The van der Waals surface area contributed by atoms with E-state index in [0.717, 1.165) is 183 Å². The van der Waals surface area contributed by atoms with E-state index in [1.807, 2.05) is 135 Å². The van der Waals surface area contributed by atoms with Gasteiger partial charge in [-0.25, -0.2) is 19.8 Å². The number of aryl methyl sites for hydroxylation is 1. The monoisotopic (exact) mass is 1930 g/mol. The molecule has 4 atom stereocenters. The fourth-order valence-corrected chi connectivity index (χ4v) is 22.5. The molecule has 8 aromatic carbocycles. The van der Waals surface area contributed by atoms with Gasteiger partial charge in [0, 0.05) is 123 Å². The Balaban J connectivity index is 0.000000146. The maximum absolute atomic E-state index is 12.6. The van der Waals surface area contributed by atoms with Gasteiger partial charge in [0.2, 0.25) is 0 Å². The predicted molar refractivity (Wildman–Crippen MR) is 537 cm³/mol. The Morgan fingerprint density at radius 2 is 1.46 bits per heavy atom. The zero-order valence-corrected chi connectivity index (χ0v) is 81.7. The molecule has 2 saturated carbocycles. The van der Waals surface area contributed by atoms with Crippen molar-refractivity contribution in [1.82, 2.24) is 29.6 Å². The number of hydrogen-bond acceptors (Lipinski definition) is 21. The molecule has 7 heterocycles. The molecule has 0 radical (unpaired) electrons.